The largest absolute Gasteiger partial charge is 0.416 e. The van der Waals surface area contributed by atoms with Crippen LogP contribution < -0.4 is 10.6 Å². The van der Waals surface area contributed by atoms with E-state index in [9.17, 15) is 13.2 Å². The molecule has 0 saturated carbocycles. The summed E-state index contributed by atoms with van der Waals surface area (Å²) in [5.41, 5.74) is 0.105. The van der Waals surface area contributed by atoms with Crippen LogP contribution in [-0.4, -0.2) is 19.0 Å². The number of alkyl halides is 3. The summed E-state index contributed by atoms with van der Waals surface area (Å²) in [6.07, 6.45) is -3.32. The van der Waals surface area contributed by atoms with Crippen LogP contribution in [0.5, 0.6) is 0 Å². The summed E-state index contributed by atoms with van der Waals surface area (Å²) in [7, 11) is 0. The van der Waals surface area contributed by atoms with Gasteiger partial charge in [-0.15, -0.1) is 24.0 Å². The van der Waals surface area contributed by atoms with Crippen LogP contribution in [0.15, 0.2) is 29.3 Å². The quantitative estimate of drug-likeness (QED) is 0.436. The molecule has 0 bridgehead atoms. The molecule has 1 aromatic carbocycles. The van der Waals surface area contributed by atoms with Crippen LogP contribution in [-0.2, 0) is 12.7 Å². The number of aliphatic imine (C=N–C) groups is 1. The maximum Gasteiger partial charge on any atom is 0.416 e. The number of nitrogens with one attached hydrogen (secondary N) is 2. The summed E-state index contributed by atoms with van der Waals surface area (Å²) in [6.45, 7) is 5.90. The summed E-state index contributed by atoms with van der Waals surface area (Å²) in [6, 6.07) is 5.07. The molecule has 0 unspecified atom stereocenters. The van der Waals surface area contributed by atoms with Crippen molar-refractivity contribution in [3.63, 3.8) is 0 Å². The Morgan fingerprint density at radius 3 is 2.19 bits per heavy atom. The topological polar surface area (TPSA) is 36.4 Å². The van der Waals surface area contributed by atoms with Gasteiger partial charge in [0, 0.05) is 13.1 Å². The fourth-order valence-electron chi connectivity index (χ4n) is 1.55. The van der Waals surface area contributed by atoms with E-state index in [0.717, 1.165) is 37.2 Å². The van der Waals surface area contributed by atoms with Gasteiger partial charge in [-0.1, -0.05) is 19.1 Å². The van der Waals surface area contributed by atoms with Crippen molar-refractivity contribution in [3.05, 3.63) is 35.4 Å². The minimum Gasteiger partial charge on any atom is -0.357 e. The standard InChI is InChI=1S/C14H20F3N3.HI/c1-3-9-19-13(18-4-2)20-10-11-5-7-12(8-6-11)14(15,16)17;/h5-8H,3-4,9-10H2,1-2H3,(H2,18,19,20);1H. The van der Waals surface area contributed by atoms with E-state index in [4.69, 9.17) is 0 Å². The van der Waals surface area contributed by atoms with Gasteiger partial charge in [0.15, 0.2) is 5.96 Å². The molecule has 2 N–H and O–H groups in total. The summed E-state index contributed by atoms with van der Waals surface area (Å²) in [5, 5.41) is 6.22. The van der Waals surface area contributed by atoms with Crippen molar-refractivity contribution in [2.75, 3.05) is 13.1 Å². The Bertz CT molecular complexity index is 430. The zero-order valence-corrected chi connectivity index (χ0v) is 14.5. The highest BCUT2D eigenvalue weighted by Crippen LogP contribution is 2.29. The van der Waals surface area contributed by atoms with Gasteiger partial charge in [-0.25, -0.2) is 4.99 Å². The monoisotopic (exact) mass is 415 g/mol. The lowest BCUT2D eigenvalue weighted by Gasteiger charge is -2.10. The zero-order valence-electron chi connectivity index (χ0n) is 12.1. The second-order valence-electron chi connectivity index (χ2n) is 4.32. The first kappa shape index (κ1) is 20.0. The molecular formula is C14H21F3IN3. The van der Waals surface area contributed by atoms with Crippen LogP contribution in [0.1, 0.15) is 31.4 Å². The fourth-order valence-corrected chi connectivity index (χ4v) is 1.55. The third kappa shape index (κ3) is 7.54. The Morgan fingerprint density at radius 1 is 1.10 bits per heavy atom. The maximum atomic E-state index is 12.4. The van der Waals surface area contributed by atoms with Gasteiger partial charge in [-0.3, -0.25) is 0 Å². The highest BCUT2D eigenvalue weighted by atomic mass is 127. The van der Waals surface area contributed by atoms with Crippen LogP contribution in [0.25, 0.3) is 0 Å². The molecule has 0 saturated heterocycles. The first-order valence-corrected chi connectivity index (χ1v) is 6.65. The van der Waals surface area contributed by atoms with Gasteiger partial charge in [0.1, 0.15) is 0 Å². The highest BCUT2D eigenvalue weighted by molar-refractivity contribution is 14.0. The number of halogens is 4. The van der Waals surface area contributed by atoms with Crippen LogP contribution in [0.2, 0.25) is 0 Å². The van der Waals surface area contributed by atoms with Gasteiger partial charge in [0.2, 0.25) is 0 Å². The lowest BCUT2D eigenvalue weighted by atomic mass is 10.1. The number of benzene rings is 1. The smallest absolute Gasteiger partial charge is 0.357 e. The zero-order chi connectivity index (χ0) is 15.0. The van der Waals surface area contributed by atoms with Crippen molar-refractivity contribution in [2.45, 2.75) is 33.0 Å². The SMILES string of the molecule is CCCNC(=NCc1ccc(C(F)(F)F)cc1)NCC.I. The Labute approximate surface area is 140 Å². The average molecular weight is 415 g/mol. The Morgan fingerprint density at radius 2 is 1.71 bits per heavy atom. The van der Waals surface area contributed by atoms with E-state index < -0.39 is 11.7 Å². The average Bonchev–Trinajstić information content (AvgIpc) is 2.41. The molecule has 0 heterocycles. The van der Waals surface area contributed by atoms with Crippen molar-refractivity contribution in [2.24, 2.45) is 4.99 Å². The van der Waals surface area contributed by atoms with Gasteiger partial charge in [-0.05, 0) is 31.0 Å². The predicted octanol–water partition coefficient (Wildman–Crippen LogP) is 3.79. The normalized spacial score (nSPS) is 11.8. The molecule has 120 valence electrons. The molecular weight excluding hydrogens is 394 g/mol. The van der Waals surface area contributed by atoms with Gasteiger partial charge in [-0.2, -0.15) is 13.2 Å². The van der Waals surface area contributed by atoms with E-state index in [-0.39, 0.29) is 24.0 Å². The summed E-state index contributed by atoms with van der Waals surface area (Å²) >= 11 is 0. The van der Waals surface area contributed by atoms with Gasteiger partial charge < -0.3 is 10.6 Å². The van der Waals surface area contributed by atoms with E-state index in [1.54, 1.807) is 0 Å². The highest BCUT2D eigenvalue weighted by Gasteiger charge is 2.29. The molecule has 0 amide bonds. The lowest BCUT2D eigenvalue weighted by Crippen LogP contribution is -2.37. The maximum absolute atomic E-state index is 12.4. The second-order valence-corrected chi connectivity index (χ2v) is 4.32. The van der Waals surface area contributed by atoms with Crippen LogP contribution in [0.4, 0.5) is 13.2 Å². The number of nitrogens with zero attached hydrogens (tertiary/aromatic N) is 1. The molecule has 7 heteroatoms. The first-order valence-electron chi connectivity index (χ1n) is 6.65. The number of hydrogen-bond donors (Lipinski definition) is 2. The van der Waals surface area contributed by atoms with Crippen molar-refractivity contribution in [1.29, 1.82) is 0 Å². The van der Waals surface area contributed by atoms with Gasteiger partial charge in [0.25, 0.3) is 0 Å². The van der Waals surface area contributed by atoms with E-state index in [1.165, 1.54) is 12.1 Å². The van der Waals surface area contributed by atoms with Crippen molar-refractivity contribution in [1.82, 2.24) is 10.6 Å². The van der Waals surface area contributed by atoms with E-state index in [1.807, 2.05) is 13.8 Å². The third-order valence-corrected chi connectivity index (χ3v) is 2.59. The molecule has 0 aliphatic heterocycles. The van der Waals surface area contributed by atoms with Crippen LogP contribution in [0.3, 0.4) is 0 Å². The minimum atomic E-state index is -4.29. The fraction of sp³-hybridized carbons (Fsp3) is 0.500. The molecule has 0 atom stereocenters. The lowest BCUT2D eigenvalue weighted by molar-refractivity contribution is -0.137. The molecule has 0 radical (unpaired) electrons. The summed E-state index contributed by atoms with van der Waals surface area (Å²) < 4.78 is 37.3. The van der Waals surface area contributed by atoms with Crippen molar-refractivity contribution < 1.29 is 13.2 Å². The van der Waals surface area contributed by atoms with Gasteiger partial charge >= 0.3 is 6.18 Å². The molecule has 0 aliphatic rings. The van der Waals surface area contributed by atoms with Crippen molar-refractivity contribution in [3.8, 4) is 0 Å². The molecule has 21 heavy (non-hydrogen) atoms. The number of guanidine groups is 1. The molecule has 0 fully saturated rings. The Hall–Kier alpha value is -0.990. The van der Waals surface area contributed by atoms with Crippen molar-refractivity contribution >= 4 is 29.9 Å². The summed E-state index contributed by atoms with van der Waals surface area (Å²) in [5.74, 6) is 0.675. The molecule has 0 aliphatic carbocycles. The first-order chi connectivity index (χ1) is 9.47. The molecule has 1 aromatic rings. The second kappa shape index (κ2) is 9.86. The van der Waals surface area contributed by atoms with Crippen LogP contribution in [0, 0.1) is 0 Å². The molecule has 0 spiro atoms. The van der Waals surface area contributed by atoms with Gasteiger partial charge in [0.05, 0.1) is 12.1 Å². The third-order valence-electron chi connectivity index (χ3n) is 2.59. The van der Waals surface area contributed by atoms with Crippen LogP contribution >= 0.6 is 24.0 Å². The van der Waals surface area contributed by atoms with E-state index in [2.05, 4.69) is 15.6 Å². The Kier molecular flexibility index (Phi) is 9.39. The Balaban J connectivity index is 0.00000400. The number of hydrogen-bond acceptors (Lipinski definition) is 1. The predicted molar refractivity (Wildman–Crippen MR) is 90.0 cm³/mol. The number of rotatable bonds is 5. The minimum absolute atomic E-state index is 0. The summed E-state index contributed by atoms with van der Waals surface area (Å²) in [4.78, 5) is 4.33. The molecule has 1 rings (SSSR count). The van der Waals surface area contributed by atoms with E-state index in [0.29, 0.717) is 12.5 Å². The molecule has 0 aromatic heterocycles. The molecule has 3 nitrogen and oxygen atoms in total. The van der Waals surface area contributed by atoms with E-state index >= 15 is 0 Å².